The normalized spacial score (nSPS) is 12.8. The van der Waals surface area contributed by atoms with Crippen molar-refractivity contribution in [3.63, 3.8) is 0 Å². The molecule has 0 aliphatic carbocycles. The highest BCUT2D eigenvalue weighted by Gasteiger charge is 2.24. The van der Waals surface area contributed by atoms with Crippen LogP contribution in [0.5, 0.6) is 0 Å². The average molecular weight is 522 g/mol. The molecule has 0 spiro atoms. The van der Waals surface area contributed by atoms with E-state index in [1.807, 2.05) is 12.1 Å². The van der Waals surface area contributed by atoms with E-state index in [9.17, 15) is 14.7 Å². The number of rotatable bonds is 8. The molecule has 1 amide bonds. The molecule has 0 saturated carbocycles. The van der Waals surface area contributed by atoms with Crippen molar-refractivity contribution in [3.8, 4) is 0 Å². The van der Waals surface area contributed by atoms with E-state index in [-0.39, 0.29) is 30.8 Å². The van der Waals surface area contributed by atoms with Crippen LogP contribution in [0.25, 0.3) is 15.1 Å². The van der Waals surface area contributed by atoms with Crippen molar-refractivity contribution < 1.29 is 14.6 Å². The molecule has 1 unspecified atom stereocenters. The van der Waals surface area contributed by atoms with Crippen LogP contribution in [0.4, 0.5) is 5.69 Å². The molecule has 2 N–H and O–H groups in total. The highest BCUT2D eigenvalue weighted by Crippen LogP contribution is 2.27. The topological polar surface area (TPSA) is 84.9 Å². The number of hydrogen-bond acceptors (Lipinski definition) is 5. The summed E-state index contributed by atoms with van der Waals surface area (Å²) in [5, 5.41) is 14.6. The van der Waals surface area contributed by atoms with Crippen molar-refractivity contribution in [1.82, 2.24) is 9.88 Å². The first-order chi connectivity index (χ1) is 17.2. The van der Waals surface area contributed by atoms with Crippen LogP contribution >= 0.6 is 22.9 Å². The summed E-state index contributed by atoms with van der Waals surface area (Å²) < 4.78 is 7.54. The first kappa shape index (κ1) is 25.6. The molecule has 0 aliphatic heterocycles. The van der Waals surface area contributed by atoms with E-state index in [1.165, 1.54) is 11.3 Å². The molecule has 9 heteroatoms. The van der Waals surface area contributed by atoms with Crippen molar-refractivity contribution in [1.29, 1.82) is 0 Å². The third-order valence-electron chi connectivity index (χ3n) is 5.75. The molecular formula is C27H24ClN3O4S. The fraction of sp³-hybridized carbons (Fsp3) is 0.222. The van der Waals surface area contributed by atoms with Crippen molar-refractivity contribution in [2.75, 3.05) is 6.61 Å². The Morgan fingerprint density at radius 1 is 1.22 bits per heavy atom. The van der Waals surface area contributed by atoms with E-state index in [1.54, 1.807) is 67.2 Å². The number of aliphatic hydroxyl groups is 1. The second-order valence-electron chi connectivity index (χ2n) is 8.65. The van der Waals surface area contributed by atoms with Gasteiger partial charge in [-0.15, -0.1) is 11.3 Å². The fourth-order valence-corrected chi connectivity index (χ4v) is 4.91. The SMILES string of the molecule is [C-]#[N+]c1ccc(C(C)(O)COCc2cc3c(=O)c(C(=O)NCc4ccc(Cl)cc4)cn(C)c3s2)cc1. The number of aromatic nitrogens is 1. The van der Waals surface area contributed by atoms with Gasteiger partial charge in [0.05, 0.1) is 25.2 Å². The second-order valence-corrected chi connectivity index (χ2v) is 10.2. The molecule has 0 saturated heterocycles. The van der Waals surface area contributed by atoms with Crippen LogP contribution in [0.3, 0.4) is 0 Å². The number of halogens is 1. The first-order valence-electron chi connectivity index (χ1n) is 11.1. The minimum atomic E-state index is -1.24. The van der Waals surface area contributed by atoms with E-state index in [0.717, 1.165) is 15.3 Å². The number of nitrogens with one attached hydrogen (secondary N) is 1. The van der Waals surface area contributed by atoms with Gasteiger partial charge in [-0.1, -0.05) is 48.0 Å². The number of carbonyl (C=O) groups excluding carboxylic acids is 1. The zero-order valence-electron chi connectivity index (χ0n) is 19.7. The minimum Gasteiger partial charge on any atom is -0.383 e. The van der Waals surface area contributed by atoms with E-state index < -0.39 is 11.5 Å². The molecule has 36 heavy (non-hydrogen) atoms. The van der Waals surface area contributed by atoms with Crippen LogP contribution in [-0.4, -0.2) is 22.2 Å². The van der Waals surface area contributed by atoms with Crippen LogP contribution < -0.4 is 10.7 Å². The predicted molar refractivity (Wildman–Crippen MR) is 142 cm³/mol. The highest BCUT2D eigenvalue weighted by atomic mass is 35.5. The summed E-state index contributed by atoms with van der Waals surface area (Å²) in [6.45, 7) is 9.20. The van der Waals surface area contributed by atoms with Crippen LogP contribution in [-0.2, 0) is 30.5 Å². The molecule has 1 atom stereocenters. The van der Waals surface area contributed by atoms with Gasteiger partial charge < -0.3 is 19.7 Å². The van der Waals surface area contributed by atoms with Gasteiger partial charge in [-0.2, -0.15) is 0 Å². The second kappa shape index (κ2) is 10.6. The summed E-state index contributed by atoms with van der Waals surface area (Å²) >= 11 is 7.30. The van der Waals surface area contributed by atoms with Gasteiger partial charge in [0, 0.05) is 29.7 Å². The maximum atomic E-state index is 13.1. The number of pyridine rings is 1. The fourth-order valence-electron chi connectivity index (χ4n) is 3.75. The van der Waals surface area contributed by atoms with Gasteiger partial charge >= 0.3 is 0 Å². The molecule has 2 heterocycles. The highest BCUT2D eigenvalue weighted by molar-refractivity contribution is 7.18. The smallest absolute Gasteiger partial charge is 0.257 e. The zero-order chi connectivity index (χ0) is 25.9. The Morgan fingerprint density at radius 2 is 1.92 bits per heavy atom. The molecule has 4 aromatic rings. The van der Waals surface area contributed by atoms with Crippen molar-refractivity contribution in [2.24, 2.45) is 7.05 Å². The molecule has 2 aromatic heterocycles. The summed E-state index contributed by atoms with van der Waals surface area (Å²) in [7, 11) is 1.79. The summed E-state index contributed by atoms with van der Waals surface area (Å²) in [4.78, 5) is 30.7. The van der Waals surface area contributed by atoms with Gasteiger partial charge in [0.15, 0.2) is 5.69 Å². The molecule has 7 nitrogen and oxygen atoms in total. The lowest BCUT2D eigenvalue weighted by molar-refractivity contribution is -0.0428. The quantitative estimate of drug-likeness (QED) is 0.314. The molecule has 2 aromatic carbocycles. The number of benzene rings is 2. The summed E-state index contributed by atoms with van der Waals surface area (Å²) in [5.41, 5.74) is 0.509. The van der Waals surface area contributed by atoms with E-state index >= 15 is 0 Å². The number of fused-ring (bicyclic) bond motifs is 1. The number of aryl methyl sites for hydroxylation is 1. The van der Waals surface area contributed by atoms with Gasteiger partial charge in [0.2, 0.25) is 5.43 Å². The van der Waals surface area contributed by atoms with E-state index in [2.05, 4.69) is 10.2 Å². The summed E-state index contributed by atoms with van der Waals surface area (Å²) in [5.74, 6) is -0.447. The van der Waals surface area contributed by atoms with Crippen LogP contribution in [0, 0.1) is 6.57 Å². The Kier molecular flexibility index (Phi) is 7.57. The average Bonchev–Trinajstić information content (AvgIpc) is 3.31. The lowest BCUT2D eigenvalue weighted by atomic mass is 9.97. The summed E-state index contributed by atoms with van der Waals surface area (Å²) in [6.07, 6.45) is 1.54. The number of hydrogen-bond donors (Lipinski definition) is 2. The summed E-state index contributed by atoms with van der Waals surface area (Å²) in [6, 6.07) is 15.6. The zero-order valence-corrected chi connectivity index (χ0v) is 21.3. The molecule has 0 fully saturated rings. The Bertz CT molecular complexity index is 1500. The van der Waals surface area contributed by atoms with Crippen LogP contribution in [0.1, 0.15) is 33.3 Å². The molecule has 0 bridgehead atoms. The third kappa shape index (κ3) is 5.66. The van der Waals surface area contributed by atoms with Gasteiger partial charge in [0.1, 0.15) is 16.0 Å². The maximum absolute atomic E-state index is 13.1. The van der Waals surface area contributed by atoms with Gasteiger partial charge in [0.25, 0.3) is 5.91 Å². The lowest BCUT2D eigenvalue weighted by Crippen LogP contribution is -2.29. The number of ether oxygens (including phenoxy) is 1. The monoisotopic (exact) mass is 521 g/mol. The number of amides is 1. The standard InChI is InChI=1S/C27H24ClN3O4S/c1-27(34,18-6-10-20(29-2)11-7-18)16-35-15-21-12-22-24(32)23(14-31(3)26(22)36-21)25(33)30-13-17-4-8-19(28)9-5-17/h4-12,14,34H,13,15-16H2,1,3H3,(H,30,33). The van der Waals surface area contributed by atoms with E-state index in [4.69, 9.17) is 22.9 Å². The molecular weight excluding hydrogens is 498 g/mol. The van der Waals surface area contributed by atoms with E-state index in [0.29, 0.717) is 21.7 Å². The Balaban J connectivity index is 1.45. The Morgan fingerprint density at radius 3 is 2.58 bits per heavy atom. The largest absolute Gasteiger partial charge is 0.383 e. The first-order valence-corrected chi connectivity index (χ1v) is 12.3. The number of thiophene rings is 1. The molecule has 4 rings (SSSR count). The lowest BCUT2D eigenvalue weighted by Gasteiger charge is -2.23. The predicted octanol–water partition coefficient (Wildman–Crippen LogP) is 5.16. The molecule has 0 aliphatic rings. The van der Waals surface area contributed by atoms with Crippen LogP contribution in [0.2, 0.25) is 5.02 Å². The van der Waals surface area contributed by atoms with Gasteiger partial charge in [-0.25, -0.2) is 4.85 Å². The molecule has 184 valence electrons. The van der Waals surface area contributed by atoms with Crippen molar-refractivity contribution >= 4 is 44.7 Å². The van der Waals surface area contributed by atoms with Crippen molar-refractivity contribution in [2.45, 2.75) is 25.7 Å². The minimum absolute atomic E-state index is 0.0350. The van der Waals surface area contributed by atoms with Crippen LogP contribution in [0.15, 0.2) is 65.6 Å². The maximum Gasteiger partial charge on any atom is 0.257 e. The molecule has 0 radical (unpaired) electrons. The Hall–Kier alpha value is -3.48. The number of carbonyl (C=O) groups is 1. The Labute approximate surface area is 217 Å². The number of nitrogens with zero attached hydrogens (tertiary/aromatic N) is 2. The van der Waals surface area contributed by atoms with Gasteiger partial charge in [-0.3, -0.25) is 9.59 Å². The van der Waals surface area contributed by atoms with Crippen molar-refractivity contribution in [3.05, 3.63) is 109 Å². The van der Waals surface area contributed by atoms with Gasteiger partial charge in [-0.05, 0) is 36.2 Å². The third-order valence-corrected chi connectivity index (χ3v) is 7.20.